The molecule has 7 heteroatoms. The second-order valence-electron chi connectivity index (χ2n) is 3.83. The Hall–Kier alpha value is -1.76. The average Bonchev–Trinajstić information content (AvgIpc) is 2.37. The normalized spacial score (nSPS) is 11.6. The Morgan fingerprint density at radius 2 is 2.11 bits per heavy atom. The number of nitrogens with one attached hydrogen (secondary N) is 1. The van der Waals surface area contributed by atoms with Crippen LogP contribution in [-0.2, 0) is 12.6 Å². The Kier molecular flexibility index (Phi) is 3.66. The number of hydrogen-bond donors (Lipinski definition) is 1. The lowest BCUT2D eigenvalue weighted by Crippen LogP contribution is -2.09. The fraction of sp³-hybridized carbons (Fsp3) is 0.250. The van der Waals surface area contributed by atoms with E-state index in [2.05, 4.69) is 15.0 Å². The van der Waals surface area contributed by atoms with Gasteiger partial charge in [0.05, 0.1) is 17.6 Å². The molecule has 3 nitrogen and oxygen atoms in total. The SMILES string of the molecule is CCc1c(-c2cnccc2C(F)(F)F)[nH]cnc1=S. The van der Waals surface area contributed by atoms with Crippen molar-refractivity contribution < 1.29 is 13.2 Å². The second kappa shape index (κ2) is 5.08. The minimum absolute atomic E-state index is 0.0136. The van der Waals surface area contributed by atoms with Crippen LogP contribution in [-0.4, -0.2) is 15.0 Å². The third-order valence-corrected chi connectivity index (χ3v) is 3.05. The van der Waals surface area contributed by atoms with E-state index < -0.39 is 11.7 Å². The Balaban J connectivity index is 2.74. The lowest BCUT2D eigenvalue weighted by molar-refractivity contribution is -0.137. The van der Waals surface area contributed by atoms with Gasteiger partial charge in [0, 0.05) is 23.5 Å². The molecule has 2 heterocycles. The zero-order valence-electron chi connectivity index (χ0n) is 9.95. The summed E-state index contributed by atoms with van der Waals surface area (Å²) >= 11 is 5.04. The summed E-state index contributed by atoms with van der Waals surface area (Å²) < 4.78 is 39.3. The Bertz CT molecular complexity index is 649. The highest BCUT2D eigenvalue weighted by Gasteiger charge is 2.34. The molecule has 0 radical (unpaired) electrons. The summed E-state index contributed by atoms with van der Waals surface area (Å²) in [6, 6.07) is 0.950. The molecule has 0 aliphatic rings. The summed E-state index contributed by atoms with van der Waals surface area (Å²) in [5.41, 5.74) is 0.147. The van der Waals surface area contributed by atoms with Gasteiger partial charge < -0.3 is 4.98 Å². The van der Waals surface area contributed by atoms with E-state index in [0.29, 0.717) is 22.3 Å². The van der Waals surface area contributed by atoms with Crippen molar-refractivity contribution in [1.82, 2.24) is 15.0 Å². The van der Waals surface area contributed by atoms with Crippen molar-refractivity contribution in [3.63, 3.8) is 0 Å². The first-order valence-corrected chi connectivity index (χ1v) is 5.94. The van der Waals surface area contributed by atoms with E-state index in [1.807, 2.05) is 6.92 Å². The molecule has 1 N–H and O–H groups in total. The van der Waals surface area contributed by atoms with Crippen LogP contribution in [0, 0.1) is 4.64 Å². The molecule has 0 saturated heterocycles. The predicted octanol–water partition coefficient (Wildman–Crippen LogP) is 3.78. The molecule has 0 saturated carbocycles. The quantitative estimate of drug-likeness (QED) is 0.854. The van der Waals surface area contributed by atoms with Gasteiger partial charge in [-0.2, -0.15) is 13.2 Å². The fourth-order valence-corrected chi connectivity index (χ4v) is 2.14. The molecule has 0 bridgehead atoms. The Morgan fingerprint density at radius 1 is 1.37 bits per heavy atom. The zero-order chi connectivity index (χ0) is 14.0. The van der Waals surface area contributed by atoms with Crippen LogP contribution in [0.5, 0.6) is 0 Å². The van der Waals surface area contributed by atoms with Crippen molar-refractivity contribution in [3.05, 3.63) is 40.6 Å². The number of halogens is 3. The number of H-pyrrole nitrogens is 1. The summed E-state index contributed by atoms with van der Waals surface area (Å²) in [6.07, 6.45) is -0.354. The summed E-state index contributed by atoms with van der Waals surface area (Å²) in [6.45, 7) is 1.81. The van der Waals surface area contributed by atoms with Gasteiger partial charge in [0.15, 0.2) is 0 Å². The molecule has 0 fully saturated rings. The molecule has 19 heavy (non-hydrogen) atoms. The van der Waals surface area contributed by atoms with Crippen LogP contribution >= 0.6 is 12.2 Å². The largest absolute Gasteiger partial charge is 0.417 e. The molecular weight excluding hydrogens is 275 g/mol. The van der Waals surface area contributed by atoms with E-state index in [9.17, 15) is 13.2 Å². The van der Waals surface area contributed by atoms with Gasteiger partial charge in [-0.1, -0.05) is 19.1 Å². The maximum absolute atomic E-state index is 13.0. The van der Waals surface area contributed by atoms with Crippen LogP contribution in [0.2, 0.25) is 0 Å². The van der Waals surface area contributed by atoms with Crippen LogP contribution in [0.1, 0.15) is 18.1 Å². The van der Waals surface area contributed by atoms with Crippen molar-refractivity contribution >= 4 is 12.2 Å². The van der Waals surface area contributed by atoms with Gasteiger partial charge in [-0.3, -0.25) is 4.98 Å². The van der Waals surface area contributed by atoms with Gasteiger partial charge in [0.1, 0.15) is 4.64 Å². The number of aromatic nitrogens is 3. The van der Waals surface area contributed by atoms with Gasteiger partial charge >= 0.3 is 6.18 Å². The Labute approximate surface area is 112 Å². The van der Waals surface area contributed by atoms with E-state index in [4.69, 9.17) is 12.2 Å². The van der Waals surface area contributed by atoms with E-state index in [1.54, 1.807) is 0 Å². The molecule has 0 unspecified atom stereocenters. The smallest absolute Gasteiger partial charge is 0.345 e. The summed E-state index contributed by atoms with van der Waals surface area (Å²) in [7, 11) is 0. The third kappa shape index (κ3) is 2.65. The first-order chi connectivity index (χ1) is 8.95. The number of nitrogens with zero attached hydrogens (tertiary/aromatic N) is 2. The highest BCUT2D eigenvalue weighted by Crippen LogP contribution is 2.36. The van der Waals surface area contributed by atoms with Crippen molar-refractivity contribution in [2.24, 2.45) is 0 Å². The number of pyridine rings is 1. The molecule has 100 valence electrons. The fourth-order valence-electron chi connectivity index (χ4n) is 1.84. The molecule has 0 atom stereocenters. The van der Waals surface area contributed by atoms with Crippen molar-refractivity contribution in [2.75, 3.05) is 0 Å². The van der Waals surface area contributed by atoms with E-state index >= 15 is 0 Å². The first kappa shape index (κ1) is 13.7. The average molecular weight is 285 g/mol. The maximum atomic E-state index is 13.0. The molecule has 0 spiro atoms. The van der Waals surface area contributed by atoms with Gasteiger partial charge in [-0.25, -0.2) is 4.98 Å². The molecule has 2 rings (SSSR count). The predicted molar refractivity (Wildman–Crippen MR) is 67.0 cm³/mol. The minimum atomic E-state index is -4.44. The molecular formula is C12H10F3N3S. The lowest BCUT2D eigenvalue weighted by atomic mass is 10.0. The van der Waals surface area contributed by atoms with E-state index in [-0.39, 0.29) is 5.56 Å². The molecule has 0 aliphatic heterocycles. The molecule has 0 aliphatic carbocycles. The molecule has 0 amide bonds. The highest BCUT2D eigenvalue weighted by molar-refractivity contribution is 7.71. The van der Waals surface area contributed by atoms with Gasteiger partial charge in [0.2, 0.25) is 0 Å². The van der Waals surface area contributed by atoms with Crippen molar-refractivity contribution in [1.29, 1.82) is 0 Å². The van der Waals surface area contributed by atoms with Crippen molar-refractivity contribution in [3.8, 4) is 11.3 Å². The zero-order valence-corrected chi connectivity index (χ0v) is 10.8. The van der Waals surface area contributed by atoms with Crippen LogP contribution in [0.4, 0.5) is 13.2 Å². The first-order valence-electron chi connectivity index (χ1n) is 5.53. The second-order valence-corrected chi connectivity index (χ2v) is 4.22. The summed E-state index contributed by atoms with van der Waals surface area (Å²) in [5, 5.41) is 0. The molecule has 2 aromatic rings. The van der Waals surface area contributed by atoms with E-state index in [0.717, 1.165) is 12.3 Å². The molecule has 0 aromatic carbocycles. The standard InChI is InChI=1S/C12H10F3N3S/c1-2-7-10(17-6-18-11(7)19)8-5-16-4-3-9(8)12(13,14)15/h3-6H,2H2,1H3,(H,17,18,19). The van der Waals surface area contributed by atoms with Gasteiger partial charge in [-0.05, 0) is 12.5 Å². The lowest BCUT2D eigenvalue weighted by Gasteiger charge is -2.14. The van der Waals surface area contributed by atoms with Gasteiger partial charge in [-0.15, -0.1) is 0 Å². The number of hydrogen-bond acceptors (Lipinski definition) is 3. The van der Waals surface area contributed by atoms with Crippen LogP contribution in [0.15, 0.2) is 24.8 Å². The van der Waals surface area contributed by atoms with Crippen LogP contribution in [0.25, 0.3) is 11.3 Å². The van der Waals surface area contributed by atoms with Crippen LogP contribution < -0.4 is 0 Å². The van der Waals surface area contributed by atoms with Crippen LogP contribution in [0.3, 0.4) is 0 Å². The summed E-state index contributed by atoms with van der Waals surface area (Å²) in [4.78, 5) is 10.4. The summed E-state index contributed by atoms with van der Waals surface area (Å²) in [5.74, 6) is 0. The number of alkyl halides is 3. The molecule has 2 aromatic heterocycles. The maximum Gasteiger partial charge on any atom is 0.417 e. The minimum Gasteiger partial charge on any atom is -0.345 e. The monoisotopic (exact) mass is 285 g/mol. The van der Waals surface area contributed by atoms with E-state index in [1.165, 1.54) is 12.5 Å². The Morgan fingerprint density at radius 3 is 2.74 bits per heavy atom. The number of rotatable bonds is 2. The topological polar surface area (TPSA) is 41.6 Å². The third-order valence-electron chi connectivity index (χ3n) is 2.70. The number of aromatic amines is 1. The van der Waals surface area contributed by atoms with Gasteiger partial charge in [0.25, 0.3) is 0 Å². The highest BCUT2D eigenvalue weighted by atomic mass is 32.1. The van der Waals surface area contributed by atoms with Crippen molar-refractivity contribution in [2.45, 2.75) is 19.5 Å².